The fourth-order valence-corrected chi connectivity index (χ4v) is 1.90. The summed E-state index contributed by atoms with van der Waals surface area (Å²) in [5, 5.41) is 5.09. The van der Waals surface area contributed by atoms with Gasteiger partial charge in [-0.05, 0) is 30.7 Å². The molecule has 2 N–H and O–H groups in total. The fraction of sp³-hybridized carbons (Fsp3) is 0.188. The lowest BCUT2D eigenvalue weighted by atomic mass is 10.1. The van der Waals surface area contributed by atoms with E-state index in [2.05, 4.69) is 10.6 Å². The second-order valence-corrected chi connectivity index (χ2v) is 4.68. The lowest BCUT2D eigenvalue weighted by Gasteiger charge is -2.08. The van der Waals surface area contributed by atoms with Crippen molar-refractivity contribution in [2.24, 2.45) is 0 Å². The van der Waals surface area contributed by atoms with Gasteiger partial charge in [0.05, 0.1) is 12.2 Å². The summed E-state index contributed by atoms with van der Waals surface area (Å²) in [5.41, 5.74) is 0.746. The maximum atomic E-state index is 13.4. The van der Waals surface area contributed by atoms with Gasteiger partial charge in [-0.3, -0.25) is 4.79 Å². The van der Waals surface area contributed by atoms with Gasteiger partial charge in [0.25, 0.3) is 0 Å². The summed E-state index contributed by atoms with van der Waals surface area (Å²) in [6, 6.07) is 11.5. The van der Waals surface area contributed by atoms with E-state index < -0.39 is 23.4 Å². The van der Waals surface area contributed by atoms with Crippen LogP contribution in [0.25, 0.3) is 0 Å². The van der Waals surface area contributed by atoms with Crippen LogP contribution in [0.3, 0.4) is 0 Å². The van der Waals surface area contributed by atoms with Crippen molar-refractivity contribution in [3.63, 3.8) is 0 Å². The summed E-state index contributed by atoms with van der Waals surface area (Å²) in [5.74, 6) is -4.83. The minimum atomic E-state index is -1.60. The highest BCUT2D eigenvalue weighted by Gasteiger charge is 2.14. The van der Waals surface area contributed by atoms with Crippen LogP contribution < -0.4 is 10.6 Å². The second-order valence-electron chi connectivity index (χ2n) is 4.68. The van der Waals surface area contributed by atoms with E-state index in [0.29, 0.717) is 6.54 Å². The first kappa shape index (κ1) is 16.0. The van der Waals surface area contributed by atoms with Crippen molar-refractivity contribution >= 4 is 11.6 Å². The van der Waals surface area contributed by atoms with Crippen LogP contribution in [0, 0.1) is 17.5 Å². The Balaban J connectivity index is 1.78. The van der Waals surface area contributed by atoms with Crippen molar-refractivity contribution in [1.82, 2.24) is 5.32 Å². The van der Waals surface area contributed by atoms with E-state index in [9.17, 15) is 18.0 Å². The minimum Gasteiger partial charge on any atom is -0.322 e. The first-order valence-electron chi connectivity index (χ1n) is 6.76. The van der Waals surface area contributed by atoms with Gasteiger partial charge in [0.2, 0.25) is 5.91 Å². The van der Waals surface area contributed by atoms with Gasteiger partial charge in [0.1, 0.15) is 0 Å². The molecule has 0 aliphatic rings. The van der Waals surface area contributed by atoms with E-state index in [1.54, 1.807) is 0 Å². The molecule has 116 valence electrons. The van der Waals surface area contributed by atoms with E-state index in [1.807, 2.05) is 30.3 Å². The van der Waals surface area contributed by atoms with E-state index in [-0.39, 0.29) is 12.2 Å². The zero-order valence-electron chi connectivity index (χ0n) is 11.7. The zero-order chi connectivity index (χ0) is 15.9. The van der Waals surface area contributed by atoms with Crippen LogP contribution in [-0.2, 0) is 11.2 Å². The third-order valence-electron chi connectivity index (χ3n) is 3.03. The van der Waals surface area contributed by atoms with Gasteiger partial charge >= 0.3 is 0 Å². The average Bonchev–Trinajstić information content (AvgIpc) is 2.53. The highest BCUT2D eigenvalue weighted by Crippen LogP contribution is 2.19. The predicted molar refractivity (Wildman–Crippen MR) is 78.0 cm³/mol. The second kappa shape index (κ2) is 7.61. The normalized spacial score (nSPS) is 10.5. The lowest BCUT2D eigenvalue weighted by molar-refractivity contribution is -0.115. The van der Waals surface area contributed by atoms with E-state index in [4.69, 9.17) is 0 Å². The topological polar surface area (TPSA) is 41.1 Å². The highest BCUT2D eigenvalue weighted by molar-refractivity contribution is 5.92. The molecular weight excluding hydrogens is 293 g/mol. The first-order valence-corrected chi connectivity index (χ1v) is 6.76. The average molecular weight is 308 g/mol. The SMILES string of the molecule is O=C(CNCCc1ccccc1)Nc1ccc(F)c(F)c1F. The van der Waals surface area contributed by atoms with Crippen LogP contribution in [0.4, 0.5) is 18.9 Å². The lowest BCUT2D eigenvalue weighted by Crippen LogP contribution is -2.29. The van der Waals surface area contributed by atoms with Gasteiger partial charge < -0.3 is 10.6 Å². The summed E-state index contributed by atoms with van der Waals surface area (Å²) in [6.07, 6.45) is 0.744. The minimum absolute atomic E-state index is 0.0503. The number of carbonyl (C=O) groups is 1. The highest BCUT2D eigenvalue weighted by atomic mass is 19.2. The van der Waals surface area contributed by atoms with Gasteiger partial charge in [-0.1, -0.05) is 30.3 Å². The summed E-state index contributed by atoms with van der Waals surface area (Å²) in [4.78, 5) is 11.6. The van der Waals surface area contributed by atoms with Gasteiger partial charge in [-0.15, -0.1) is 0 Å². The largest absolute Gasteiger partial charge is 0.322 e. The number of hydrogen-bond donors (Lipinski definition) is 2. The van der Waals surface area contributed by atoms with Crippen LogP contribution in [-0.4, -0.2) is 19.0 Å². The van der Waals surface area contributed by atoms with Gasteiger partial charge in [0.15, 0.2) is 17.5 Å². The molecule has 0 saturated carbocycles. The van der Waals surface area contributed by atoms with Crippen molar-refractivity contribution in [3.8, 4) is 0 Å². The molecule has 1 amide bonds. The van der Waals surface area contributed by atoms with Crippen LogP contribution in [0.1, 0.15) is 5.56 Å². The quantitative estimate of drug-likeness (QED) is 0.636. The Hall–Kier alpha value is -2.34. The third kappa shape index (κ3) is 4.33. The molecule has 3 nitrogen and oxygen atoms in total. The molecule has 22 heavy (non-hydrogen) atoms. The number of halogens is 3. The Morgan fingerprint density at radius 2 is 1.68 bits per heavy atom. The van der Waals surface area contributed by atoms with E-state index in [1.165, 1.54) is 0 Å². The molecule has 0 unspecified atom stereocenters. The Morgan fingerprint density at radius 1 is 0.955 bits per heavy atom. The molecule has 0 heterocycles. The van der Waals surface area contributed by atoms with Crippen molar-refractivity contribution in [2.45, 2.75) is 6.42 Å². The molecule has 2 aromatic rings. The molecule has 0 fully saturated rings. The number of carbonyl (C=O) groups excluding carboxylic acids is 1. The standard InChI is InChI=1S/C16H15F3N2O/c17-12-6-7-13(16(19)15(12)18)21-14(22)10-20-9-8-11-4-2-1-3-5-11/h1-7,20H,8-10H2,(H,21,22). The Bertz CT molecular complexity index is 647. The van der Waals surface area contributed by atoms with Crippen molar-refractivity contribution in [2.75, 3.05) is 18.4 Å². The van der Waals surface area contributed by atoms with Crippen molar-refractivity contribution < 1.29 is 18.0 Å². The van der Waals surface area contributed by atoms with Crippen LogP contribution in [0.15, 0.2) is 42.5 Å². The Labute approximate surface area is 126 Å². The number of anilines is 1. The van der Waals surface area contributed by atoms with Gasteiger partial charge in [-0.25, -0.2) is 13.2 Å². The fourth-order valence-electron chi connectivity index (χ4n) is 1.90. The molecule has 0 aliphatic carbocycles. The molecule has 0 radical (unpaired) electrons. The molecule has 0 aliphatic heterocycles. The number of benzene rings is 2. The van der Waals surface area contributed by atoms with Crippen LogP contribution in [0.2, 0.25) is 0 Å². The summed E-state index contributed by atoms with van der Waals surface area (Å²) in [6.45, 7) is 0.517. The van der Waals surface area contributed by atoms with E-state index in [0.717, 1.165) is 24.1 Å². The summed E-state index contributed by atoms with van der Waals surface area (Å²) in [7, 11) is 0. The van der Waals surface area contributed by atoms with Crippen LogP contribution >= 0.6 is 0 Å². The first-order chi connectivity index (χ1) is 10.6. The zero-order valence-corrected chi connectivity index (χ0v) is 11.7. The number of hydrogen-bond acceptors (Lipinski definition) is 2. The third-order valence-corrected chi connectivity index (χ3v) is 3.03. The smallest absolute Gasteiger partial charge is 0.238 e. The van der Waals surface area contributed by atoms with Crippen molar-refractivity contribution in [3.05, 3.63) is 65.5 Å². The molecule has 0 atom stereocenters. The molecule has 0 bridgehead atoms. The number of nitrogens with one attached hydrogen (secondary N) is 2. The number of rotatable bonds is 6. The Morgan fingerprint density at radius 3 is 2.41 bits per heavy atom. The van der Waals surface area contributed by atoms with Crippen LogP contribution in [0.5, 0.6) is 0 Å². The summed E-state index contributed by atoms with van der Waals surface area (Å²) >= 11 is 0. The maximum Gasteiger partial charge on any atom is 0.238 e. The maximum absolute atomic E-state index is 13.4. The molecule has 0 spiro atoms. The monoisotopic (exact) mass is 308 g/mol. The predicted octanol–water partition coefficient (Wildman–Crippen LogP) is 2.87. The summed E-state index contributed by atoms with van der Waals surface area (Å²) < 4.78 is 39.2. The van der Waals surface area contributed by atoms with E-state index >= 15 is 0 Å². The Kier molecular flexibility index (Phi) is 5.55. The molecule has 0 aromatic heterocycles. The molecule has 0 saturated heterocycles. The molecule has 2 rings (SSSR count). The molecular formula is C16H15F3N2O. The molecule has 6 heteroatoms. The van der Waals surface area contributed by atoms with Gasteiger partial charge in [-0.2, -0.15) is 0 Å². The van der Waals surface area contributed by atoms with Gasteiger partial charge in [0, 0.05) is 0 Å². The number of amides is 1. The molecule has 2 aromatic carbocycles. The van der Waals surface area contributed by atoms with Crippen molar-refractivity contribution in [1.29, 1.82) is 0 Å².